The number of nitrogens with two attached hydrogens (primary N) is 1. The summed E-state index contributed by atoms with van der Waals surface area (Å²) in [7, 11) is 0. The fraction of sp³-hybridized carbons (Fsp3) is 0.733. The zero-order chi connectivity index (χ0) is 14.6. The van der Waals surface area contributed by atoms with Gasteiger partial charge in [0.25, 0.3) is 5.56 Å². The lowest BCUT2D eigenvalue weighted by Gasteiger charge is -2.38. The molecule has 0 aliphatic heterocycles. The summed E-state index contributed by atoms with van der Waals surface area (Å²) in [5, 5.41) is 0. The fourth-order valence-corrected chi connectivity index (χ4v) is 3.19. The SMILES string of the molecule is CCOC1(c2nc(CCN)cc(=O)[nH]2)CCCC(C)C1. The van der Waals surface area contributed by atoms with E-state index in [9.17, 15) is 4.79 Å². The molecule has 0 aromatic carbocycles. The van der Waals surface area contributed by atoms with Crippen LogP contribution in [0.4, 0.5) is 0 Å². The van der Waals surface area contributed by atoms with Crippen molar-refractivity contribution in [1.82, 2.24) is 9.97 Å². The van der Waals surface area contributed by atoms with Crippen LogP contribution in [0.5, 0.6) is 0 Å². The molecule has 1 aromatic heterocycles. The normalized spacial score (nSPS) is 26.6. The van der Waals surface area contributed by atoms with Gasteiger partial charge < -0.3 is 15.5 Å². The van der Waals surface area contributed by atoms with Crippen molar-refractivity contribution in [3.8, 4) is 0 Å². The van der Waals surface area contributed by atoms with Gasteiger partial charge in [-0.05, 0) is 38.6 Å². The minimum atomic E-state index is -0.434. The summed E-state index contributed by atoms with van der Waals surface area (Å²) in [4.78, 5) is 19.4. The summed E-state index contributed by atoms with van der Waals surface area (Å²) in [5.41, 5.74) is 5.77. The van der Waals surface area contributed by atoms with E-state index in [0.29, 0.717) is 31.3 Å². The van der Waals surface area contributed by atoms with Crippen molar-refractivity contribution >= 4 is 0 Å². The molecule has 112 valence electrons. The van der Waals surface area contributed by atoms with Gasteiger partial charge in [0.15, 0.2) is 0 Å². The van der Waals surface area contributed by atoms with Gasteiger partial charge in [-0.3, -0.25) is 4.79 Å². The Kier molecular flexibility index (Phi) is 4.94. The number of nitrogens with one attached hydrogen (secondary N) is 1. The van der Waals surface area contributed by atoms with Gasteiger partial charge in [-0.15, -0.1) is 0 Å². The first kappa shape index (κ1) is 15.2. The van der Waals surface area contributed by atoms with Crippen molar-refractivity contribution in [2.75, 3.05) is 13.2 Å². The van der Waals surface area contributed by atoms with Crippen LogP contribution in [0.15, 0.2) is 10.9 Å². The van der Waals surface area contributed by atoms with Gasteiger partial charge >= 0.3 is 0 Å². The van der Waals surface area contributed by atoms with Crippen molar-refractivity contribution < 1.29 is 4.74 Å². The molecule has 1 aliphatic rings. The van der Waals surface area contributed by atoms with Gasteiger partial charge in [0.1, 0.15) is 11.4 Å². The Morgan fingerprint density at radius 3 is 3.05 bits per heavy atom. The third-order valence-corrected chi connectivity index (χ3v) is 4.00. The van der Waals surface area contributed by atoms with Gasteiger partial charge in [-0.1, -0.05) is 13.3 Å². The molecule has 1 fully saturated rings. The monoisotopic (exact) mass is 279 g/mol. The minimum Gasteiger partial charge on any atom is -0.367 e. The molecule has 5 heteroatoms. The van der Waals surface area contributed by atoms with E-state index in [-0.39, 0.29) is 5.56 Å². The van der Waals surface area contributed by atoms with Crippen molar-refractivity contribution in [2.45, 2.75) is 51.6 Å². The second-order valence-corrected chi connectivity index (χ2v) is 5.75. The molecule has 0 saturated heterocycles. The number of rotatable bonds is 5. The number of nitrogens with zero attached hydrogens (tertiary/aromatic N) is 1. The Labute approximate surface area is 119 Å². The number of aromatic nitrogens is 2. The maximum Gasteiger partial charge on any atom is 0.251 e. The zero-order valence-corrected chi connectivity index (χ0v) is 12.4. The highest BCUT2D eigenvalue weighted by molar-refractivity contribution is 5.11. The molecule has 2 unspecified atom stereocenters. The molecule has 0 radical (unpaired) electrons. The van der Waals surface area contributed by atoms with Crippen LogP contribution in [0.2, 0.25) is 0 Å². The second kappa shape index (κ2) is 6.50. The van der Waals surface area contributed by atoms with Gasteiger partial charge in [0.2, 0.25) is 0 Å². The van der Waals surface area contributed by atoms with E-state index < -0.39 is 5.60 Å². The molecule has 1 aliphatic carbocycles. The van der Waals surface area contributed by atoms with Crippen LogP contribution in [0.3, 0.4) is 0 Å². The van der Waals surface area contributed by atoms with Crippen molar-refractivity contribution in [3.05, 3.63) is 27.9 Å². The van der Waals surface area contributed by atoms with E-state index >= 15 is 0 Å². The molecule has 1 saturated carbocycles. The molecule has 3 N–H and O–H groups in total. The summed E-state index contributed by atoms with van der Waals surface area (Å²) in [5.74, 6) is 1.26. The van der Waals surface area contributed by atoms with Crippen molar-refractivity contribution in [1.29, 1.82) is 0 Å². The molecule has 1 aromatic rings. The number of aromatic amines is 1. The summed E-state index contributed by atoms with van der Waals surface area (Å²) in [6.07, 6.45) is 4.76. The Morgan fingerprint density at radius 1 is 1.60 bits per heavy atom. The Bertz CT molecular complexity index is 496. The summed E-state index contributed by atoms with van der Waals surface area (Å²) >= 11 is 0. The summed E-state index contributed by atoms with van der Waals surface area (Å²) in [6.45, 7) is 5.34. The quantitative estimate of drug-likeness (QED) is 0.860. The van der Waals surface area contributed by atoms with Crippen molar-refractivity contribution in [3.63, 3.8) is 0 Å². The number of ether oxygens (including phenoxy) is 1. The first-order valence-electron chi connectivity index (χ1n) is 7.54. The van der Waals surface area contributed by atoms with Crippen LogP contribution >= 0.6 is 0 Å². The zero-order valence-electron chi connectivity index (χ0n) is 12.4. The van der Waals surface area contributed by atoms with E-state index in [0.717, 1.165) is 25.0 Å². The molecular weight excluding hydrogens is 254 g/mol. The smallest absolute Gasteiger partial charge is 0.251 e. The van der Waals surface area contributed by atoms with Gasteiger partial charge in [0, 0.05) is 24.8 Å². The minimum absolute atomic E-state index is 0.115. The highest BCUT2D eigenvalue weighted by atomic mass is 16.5. The third-order valence-electron chi connectivity index (χ3n) is 4.00. The first-order valence-corrected chi connectivity index (χ1v) is 7.54. The van der Waals surface area contributed by atoms with Gasteiger partial charge in [0.05, 0.1) is 0 Å². The lowest BCUT2D eigenvalue weighted by atomic mass is 9.78. The molecular formula is C15H25N3O2. The average Bonchev–Trinajstić information content (AvgIpc) is 2.39. The Morgan fingerprint density at radius 2 is 2.40 bits per heavy atom. The van der Waals surface area contributed by atoms with Crippen LogP contribution in [-0.4, -0.2) is 23.1 Å². The maximum absolute atomic E-state index is 11.9. The van der Waals surface area contributed by atoms with Crippen LogP contribution in [0, 0.1) is 5.92 Å². The predicted molar refractivity (Wildman–Crippen MR) is 78.6 cm³/mol. The van der Waals surface area contributed by atoms with Crippen LogP contribution < -0.4 is 11.3 Å². The number of hydrogen-bond acceptors (Lipinski definition) is 4. The molecule has 0 bridgehead atoms. The van der Waals surface area contributed by atoms with E-state index in [1.807, 2.05) is 6.92 Å². The Hall–Kier alpha value is -1.20. The van der Waals surface area contributed by atoms with Crippen LogP contribution in [-0.2, 0) is 16.8 Å². The van der Waals surface area contributed by atoms with Crippen LogP contribution in [0.25, 0.3) is 0 Å². The lowest BCUT2D eigenvalue weighted by Crippen LogP contribution is -2.38. The van der Waals surface area contributed by atoms with Gasteiger partial charge in [-0.2, -0.15) is 0 Å². The molecule has 0 spiro atoms. The van der Waals surface area contributed by atoms with E-state index in [4.69, 9.17) is 10.5 Å². The van der Waals surface area contributed by atoms with E-state index in [2.05, 4.69) is 16.9 Å². The fourth-order valence-electron chi connectivity index (χ4n) is 3.19. The number of H-pyrrole nitrogens is 1. The van der Waals surface area contributed by atoms with E-state index in [1.165, 1.54) is 12.5 Å². The van der Waals surface area contributed by atoms with E-state index in [1.54, 1.807) is 0 Å². The topological polar surface area (TPSA) is 81.0 Å². The highest BCUT2D eigenvalue weighted by Crippen LogP contribution is 2.41. The lowest BCUT2D eigenvalue weighted by molar-refractivity contribution is -0.0883. The molecule has 2 atom stereocenters. The first-order chi connectivity index (χ1) is 9.59. The highest BCUT2D eigenvalue weighted by Gasteiger charge is 2.39. The van der Waals surface area contributed by atoms with Crippen LogP contribution in [0.1, 0.15) is 51.0 Å². The second-order valence-electron chi connectivity index (χ2n) is 5.75. The molecule has 5 nitrogen and oxygen atoms in total. The molecule has 1 heterocycles. The number of hydrogen-bond donors (Lipinski definition) is 2. The molecule has 20 heavy (non-hydrogen) atoms. The molecule has 0 amide bonds. The van der Waals surface area contributed by atoms with Gasteiger partial charge in [-0.25, -0.2) is 4.98 Å². The largest absolute Gasteiger partial charge is 0.367 e. The average molecular weight is 279 g/mol. The maximum atomic E-state index is 11.9. The third kappa shape index (κ3) is 3.27. The molecule has 2 rings (SSSR count). The Balaban J connectivity index is 2.40. The summed E-state index contributed by atoms with van der Waals surface area (Å²) in [6, 6.07) is 1.53. The predicted octanol–water partition coefficient (Wildman–Crippen LogP) is 1.71. The standard InChI is InChI=1S/C15H25N3O2/c1-3-20-15(7-4-5-11(2)10-15)14-17-12(6-8-16)9-13(19)18-14/h9,11H,3-8,10,16H2,1-2H3,(H,17,18,19). The van der Waals surface area contributed by atoms with Crippen molar-refractivity contribution in [2.24, 2.45) is 11.7 Å². The summed E-state index contributed by atoms with van der Waals surface area (Å²) < 4.78 is 6.05.